The topological polar surface area (TPSA) is 125 Å². The van der Waals surface area contributed by atoms with Crippen LogP contribution in [0.1, 0.15) is 49.7 Å². The number of aliphatic hydroxyl groups is 1. The van der Waals surface area contributed by atoms with Crippen molar-refractivity contribution >= 4 is 18.0 Å². The third-order valence-electron chi connectivity index (χ3n) is 7.14. The van der Waals surface area contributed by atoms with Crippen molar-refractivity contribution in [2.45, 2.75) is 50.7 Å². The van der Waals surface area contributed by atoms with Crippen molar-refractivity contribution in [3.8, 4) is 11.1 Å². The average molecular weight is 481 g/mol. The summed E-state index contributed by atoms with van der Waals surface area (Å²) in [6.45, 7) is 2.07. The highest BCUT2D eigenvalue weighted by molar-refractivity contribution is 5.85. The number of nitrogens with one attached hydrogen (secondary N) is 2. The van der Waals surface area contributed by atoms with Crippen molar-refractivity contribution in [2.24, 2.45) is 11.8 Å². The maximum atomic E-state index is 12.4. The number of aliphatic hydroxyl groups excluding tert-OH is 1. The van der Waals surface area contributed by atoms with Gasteiger partial charge in [0.2, 0.25) is 5.91 Å². The molecule has 8 heteroatoms. The Bertz CT molecular complexity index is 1030. The molecule has 1 fully saturated rings. The van der Waals surface area contributed by atoms with Crippen LogP contribution in [0.15, 0.2) is 48.5 Å². The van der Waals surface area contributed by atoms with Crippen molar-refractivity contribution in [3.63, 3.8) is 0 Å². The van der Waals surface area contributed by atoms with Crippen LogP contribution >= 0.6 is 0 Å². The Morgan fingerprint density at radius 3 is 2.09 bits per heavy atom. The van der Waals surface area contributed by atoms with E-state index >= 15 is 0 Å². The number of amides is 2. The maximum absolute atomic E-state index is 12.4. The molecule has 35 heavy (non-hydrogen) atoms. The number of hydrogen-bond acceptors (Lipinski definition) is 5. The normalized spacial score (nSPS) is 20.7. The minimum atomic E-state index is -1.31. The van der Waals surface area contributed by atoms with Gasteiger partial charge < -0.3 is 25.6 Å². The highest BCUT2D eigenvalue weighted by Gasteiger charge is 2.32. The highest BCUT2D eigenvalue weighted by Crippen LogP contribution is 2.44. The maximum Gasteiger partial charge on any atom is 0.407 e. The van der Waals surface area contributed by atoms with Crippen LogP contribution in [-0.2, 0) is 14.3 Å². The molecular weight excluding hydrogens is 448 g/mol. The summed E-state index contributed by atoms with van der Waals surface area (Å²) in [6.07, 6.45) is 1.08. The summed E-state index contributed by atoms with van der Waals surface area (Å²) in [5, 5.41) is 24.0. The monoisotopic (exact) mass is 480 g/mol. The van der Waals surface area contributed by atoms with Gasteiger partial charge in [-0.2, -0.15) is 0 Å². The van der Waals surface area contributed by atoms with E-state index in [-0.39, 0.29) is 30.3 Å². The largest absolute Gasteiger partial charge is 0.480 e. The molecule has 0 bridgehead atoms. The molecule has 0 spiro atoms. The third-order valence-corrected chi connectivity index (χ3v) is 7.14. The Morgan fingerprint density at radius 1 is 0.971 bits per heavy atom. The summed E-state index contributed by atoms with van der Waals surface area (Å²) >= 11 is 0. The van der Waals surface area contributed by atoms with Crippen LogP contribution in [-0.4, -0.2) is 53.5 Å². The Kier molecular flexibility index (Phi) is 7.70. The van der Waals surface area contributed by atoms with Gasteiger partial charge in [0, 0.05) is 18.4 Å². The molecule has 0 saturated heterocycles. The molecular formula is C27H32N2O6. The standard InChI is InChI=1S/C27H32N2O6/c1-16(30)24(26(32)33)29-25(31)18-12-10-17(11-13-18)14-28-27(34)35-15-23-21-8-4-2-6-19(21)20-7-3-5-9-22(20)23/h2-9,16-18,23-24,30H,10-15H2,1H3,(H,28,34)(H,29,31)(H,32,33)/t16-,17?,18?,24+/m1/s1. The zero-order valence-electron chi connectivity index (χ0n) is 19.8. The molecule has 2 aromatic rings. The van der Waals surface area contributed by atoms with E-state index in [1.54, 1.807) is 0 Å². The third kappa shape index (κ3) is 5.65. The fraction of sp³-hybridized carbons (Fsp3) is 0.444. The lowest BCUT2D eigenvalue weighted by Crippen LogP contribution is -2.50. The summed E-state index contributed by atoms with van der Waals surface area (Å²) in [5.74, 6) is -1.65. The summed E-state index contributed by atoms with van der Waals surface area (Å²) in [5.41, 5.74) is 4.69. The number of carbonyl (C=O) groups is 3. The smallest absolute Gasteiger partial charge is 0.407 e. The van der Waals surface area contributed by atoms with Crippen LogP contribution in [0.25, 0.3) is 11.1 Å². The Morgan fingerprint density at radius 2 is 1.54 bits per heavy atom. The molecule has 4 N–H and O–H groups in total. The average Bonchev–Trinajstić information content (AvgIpc) is 3.18. The lowest BCUT2D eigenvalue weighted by molar-refractivity contribution is -0.145. The minimum absolute atomic E-state index is 0.0124. The molecule has 186 valence electrons. The van der Waals surface area contributed by atoms with Crippen molar-refractivity contribution in [1.82, 2.24) is 10.6 Å². The molecule has 1 saturated carbocycles. The molecule has 0 unspecified atom stereocenters. The predicted molar refractivity (Wildman–Crippen MR) is 130 cm³/mol. The van der Waals surface area contributed by atoms with E-state index in [0.29, 0.717) is 19.4 Å². The molecule has 0 heterocycles. The molecule has 8 nitrogen and oxygen atoms in total. The summed E-state index contributed by atoms with van der Waals surface area (Å²) < 4.78 is 5.59. The molecule has 4 rings (SSSR count). The summed E-state index contributed by atoms with van der Waals surface area (Å²) in [6, 6.07) is 15.1. The van der Waals surface area contributed by atoms with E-state index < -0.39 is 24.2 Å². The van der Waals surface area contributed by atoms with E-state index in [2.05, 4.69) is 34.9 Å². The molecule has 0 aromatic heterocycles. The van der Waals surface area contributed by atoms with Crippen LogP contribution in [0.3, 0.4) is 0 Å². The number of carboxylic acid groups (broad SMARTS) is 1. The van der Waals surface area contributed by atoms with Gasteiger partial charge in [0.25, 0.3) is 0 Å². The van der Waals surface area contributed by atoms with Crippen molar-refractivity contribution < 1.29 is 29.3 Å². The van der Waals surface area contributed by atoms with E-state index in [9.17, 15) is 19.5 Å². The van der Waals surface area contributed by atoms with E-state index in [4.69, 9.17) is 9.84 Å². The first-order chi connectivity index (χ1) is 16.8. The molecule has 2 aromatic carbocycles. The van der Waals surface area contributed by atoms with Gasteiger partial charge in [0.05, 0.1) is 6.10 Å². The van der Waals surface area contributed by atoms with Crippen molar-refractivity contribution in [2.75, 3.05) is 13.2 Å². The second-order valence-electron chi connectivity index (χ2n) is 9.49. The molecule has 0 aliphatic heterocycles. The fourth-order valence-corrected chi connectivity index (χ4v) is 5.17. The van der Waals surface area contributed by atoms with Crippen LogP contribution in [0, 0.1) is 11.8 Å². The number of aliphatic carboxylic acids is 1. The first-order valence-electron chi connectivity index (χ1n) is 12.1. The van der Waals surface area contributed by atoms with Crippen LogP contribution in [0.4, 0.5) is 4.79 Å². The number of benzene rings is 2. The summed E-state index contributed by atoms with van der Waals surface area (Å²) in [7, 11) is 0. The first kappa shape index (κ1) is 24.7. The fourth-order valence-electron chi connectivity index (χ4n) is 5.17. The zero-order valence-corrected chi connectivity index (χ0v) is 19.8. The van der Waals surface area contributed by atoms with Gasteiger partial charge in [-0.25, -0.2) is 9.59 Å². The number of fused-ring (bicyclic) bond motifs is 3. The Labute approximate surface area is 204 Å². The summed E-state index contributed by atoms with van der Waals surface area (Å²) in [4.78, 5) is 36.0. The number of rotatable bonds is 8. The van der Waals surface area contributed by atoms with E-state index in [1.165, 1.54) is 29.2 Å². The van der Waals surface area contributed by atoms with E-state index in [0.717, 1.165) is 12.8 Å². The number of hydrogen-bond donors (Lipinski definition) is 4. The number of alkyl carbamates (subject to hydrolysis) is 1. The van der Waals surface area contributed by atoms with Crippen LogP contribution < -0.4 is 10.6 Å². The van der Waals surface area contributed by atoms with Gasteiger partial charge in [-0.15, -0.1) is 0 Å². The second-order valence-corrected chi connectivity index (χ2v) is 9.49. The lowest BCUT2D eigenvalue weighted by Gasteiger charge is -2.29. The lowest BCUT2D eigenvalue weighted by atomic mass is 9.81. The highest BCUT2D eigenvalue weighted by atomic mass is 16.5. The van der Waals surface area contributed by atoms with Gasteiger partial charge in [-0.05, 0) is 60.8 Å². The van der Waals surface area contributed by atoms with Gasteiger partial charge in [-0.3, -0.25) is 4.79 Å². The molecule has 2 aliphatic carbocycles. The van der Waals surface area contributed by atoms with Gasteiger partial charge in [0.1, 0.15) is 6.61 Å². The number of carbonyl (C=O) groups excluding carboxylic acids is 2. The molecule has 2 atom stereocenters. The van der Waals surface area contributed by atoms with Gasteiger partial charge in [-0.1, -0.05) is 48.5 Å². The molecule has 2 aliphatic rings. The second kappa shape index (κ2) is 10.9. The SMILES string of the molecule is C[C@@H](O)[C@H](NC(=O)C1CCC(CNC(=O)OCC2c3ccccc3-c3ccccc32)CC1)C(=O)O. The van der Waals surface area contributed by atoms with Gasteiger partial charge >= 0.3 is 12.1 Å². The first-order valence-corrected chi connectivity index (χ1v) is 12.1. The Balaban J connectivity index is 1.22. The van der Waals surface area contributed by atoms with Crippen molar-refractivity contribution in [3.05, 3.63) is 59.7 Å². The molecule has 2 amide bonds. The van der Waals surface area contributed by atoms with Crippen molar-refractivity contribution in [1.29, 1.82) is 0 Å². The number of carboxylic acids is 1. The molecule has 0 radical (unpaired) electrons. The van der Waals surface area contributed by atoms with Crippen LogP contribution in [0.5, 0.6) is 0 Å². The van der Waals surface area contributed by atoms with Crippen LogP contribution in [0.2, 0.25) is 0 Å². The predicted octanol–water partition coefficient (Wildman–Crippen LogP) is 3.28. The minimum Gasteiger partial charge on any atom is -0.480 e. The van der Waals surface area contributed by atoms with E-state index in [1.807, 2.05) is 24.3 Å². The van der Waals surface area contributed by atoms with Gasteiger partial charge in [0.15, 0.2) is 6.04 Å². The quantitative estimate of drug-likeness (QED) is 0.460. The number of ether oxygens (including phenoxy) is 1. The Hall–Kier alpha value is -3.39. The zero-order chi connectivity index (χ0) is 24.9.